The number of ether oxygens (including phenoxy) is 1. The highest BCUT2D eigenvalue weighted by molar-refractivity contribution is 6.46. The largest absolute Gasteiger partial charge is 0.507 e. The van der Waals surface area contributed by atoms with Crippen molar-refractivity contribution in [2.24, 2.45) is 0 Å². The molecule has 32 heavy (non-hydrogen) atoms. The summed E-state index contributed by atoms with van der Waals surface area (Å²) < 4.78 is 19.5. The van der Waals surface area contributed by atoms with E-state index in [1.54, 1.807) is 6.07 Å². The molecule has 168 valence electrons. The summed E-state index contributed by atoms with van der Waals surface area (Å²) in [5.41, 5.74) is -0.204. The van der Waals surface area contributed by atoms with Crippen LogP contribution in [-0.2, 0) is 14.3 Å². The van der Waals surface area contributed by atoms with E-state index in [0.717, 1.165) is 6.07 Å². The Morgan fingerprint density at radius 3 is 2.59 bits per heavy atom. The molecule has 0 aromatic heterocycles. The van der Waals surface area contributed by atoms with Gasteiger partial charge in [0.2, 0.25) is 0 Å². The van der Waals surface area contributed by atoms with Gasteiger partial charge in [0.05, 0.1) is 22.6 Å². The minimum Gasteiger partial charge on any atom is -0.507 e. The van der Waals surface area contributed by atoms with Gasteiger partial charge >= 0.3 is 0 Å². The minimum atomic E-state index is -1.04. The summed E-state index contributed by atoms with van der Waals surface area (Å²) in [4.78, 5) is 37.4. The average Bonchev–Trinajstić information content (AvgIpc) is 3.01. The molecule has 0 saturated carbocycles. The van der Waals surface area contributed by atoms with E-state index in [9.17, 15) is 29.2 Å². The van der Waals surface area contributed by atoms with E-state index in [4.69, 9.17) is 4.74 Å². The van der Waals surface area contributed by atoms with Crippen LogP contribution in [0.4, 0.5) is 10.1 Å². The molecule has 1 heterocycles. The second kappa shape index (κ2) is 9.69. The van der Waals surface area contributed by atoms with Crippen LogP contribution in [0.5, 0.6) is 0 Å². The lowest BCUT2D eigenvalue weighted by Gasteiger charge is -2.25. The number of amides is 1. The maximum Gasteiger partial charge on any atom is 0.295 e. The molecule has 1 fully saturated rings. The molecule has 1 amide bonds. The van der Waals surface area contributed by atoms with Gasteiger partial charge in [0.25, 0.3) is 17.4 Å². The molecule has 1 atom stereocenters. The molecule has 0 radical (unpaired) electrons. The number of nitro benzene ring substituents is 1. The molecule has 1 aliphatic heterocycles. The third kappa shape index (κ3) is 4.83. The monoisotopic (exact) mass is 442 g/mol. The smallest absolute Gasteiger partial charge is 0.295 e. The second-order valence-electron chi connectivity index (χ2n) is 7.63. The maximum absolute atomic E-state index is 14.0. The number of hydrogen-bond donors (Lipinski definition) is 1. The van der Waals surface area contributed by atoms with Crippen molar-refractivity contribution >= 4 is 23.1 Å². The number of halogens is 1. The SMILES string of the molecule is CC(C)OCCCN1C(=O)C(=O)C(=C(O)c2cccc([N+](=O)[O-])c2)[C@@H]1c1cccc(F)c1. The zero-order chi connectivity index (χ0) is 23.4. The Hall–Kier alpha value is -3.59. The van der Waals surface area contributed by atoms with E-state index >= 15 is 0 Å². The lowest BCUT2D eigenvalue weighted by atomic mass is 9.95. The van der Waals surface area contributed by atoms with E-state index < -0.39 is 34.2 Å². The number of ketones is 1. The lowest BCUT2D eigenvalue weighted by Crippen LogP contribution is -2.31. The normalized spacial score (nSPS) is 17.9. The quantitative estimate of drug-likeness (QED) is 0.165. The van der Waals surface area contributed by atoms with Crippen LogP contribution in [0, 0.1) is 15.9 Å². The number of rotatable bonds is 8. The number of carbonyl (C=O) groups excluding carboxylic acids is 2. The number of benzene rings is 2. The van der Waals surface area contributed by atoms with Crippen molar-refractivity contribution in [1.29, 1.82) is 0 Å². The molecular weight excluding hydrogens is 419 g/mol. The number of aliphatic hydroxyl groups excluding tert-OH is 1. The number of hydrogen-bond acceptors (Lipinski definition) is 6. The van der Waals surface area contributed by atoms with E-state index in [1.165, 1.54) is 41.3 Å². The average molecular weight is 442 g/mol. The fourth-order valence-electron chi connectivity index (χ4n) is 3.61. The van der Waals surface area contributed by atoms with E-state index in [0.29, 0.717) is 18.6 Å². The zero-order valence-electron chi connectivity index (χ0n) is 17.7. The van der Waals surface area contributed by atoms with Gasteiger partial charge in [-0.1, -0.05) is 24.3 Å². The Labute approximate surface area is 184 Å². The zero-order valence-corrected chi connectivity index (χ0v) is 17.7. The number of likely N-dealkylation sites (tertiary alicyclic amines) is 1. The first-order valence-electron chi connectivity index (χ1n) is 10.1. The highest BCUT2D eigenvalue weighted by atomic mass is 19.1. The number of Topliss-reactive ketones (excluding diaryl/α,β-unsaturated/α-hetero) is 1. The van der Waals surface area contributed by atoms with Crippen LogP contribution in [0.2, 0.25) is 0 Å². The molecule has 9 heteroatoms. The van der Waals surface area contributed by atoms with Crippen molar-refractivity contribution in [3.05, 3.63) is 81.2 Å². The number of nitrogens with zero attached hydrogens (tertiary/aromatic N) is 2. The number of nitro groups is 1. The van der Waals surface area contributed by atoms with Gasteiger partial charge in [-0.25, -0.2) is 4.39 Å². The molecule has 1 N–H and O–H groups in total. The van der Waals surface area contributed by atoms with Crippen LogP contribution in [0.3, 0.4) is 0 Å². The Balaban J connectivity index is 2.07. The standard InChI is InChI=1S/C23H23FN2O6/c1-14(2)32-11-5-10-25-20(15-6-3-8-17(24)12-15)19(22(28)23(25)29)21(27)16-7-4-9-18(13-16)26(30)31/h3-4,6-9,12-14,20,27H,5,10-11H2,1-2H3/t20-/m0/s1. The summed E-state index contributed by atoms with van der Waals surface area (Å²) in [6, 6.07) is 9.50. The van der Waals surface area contributed by atoms with Gasteiger partial charge in [0.15, 0.2) is 0 Å². The molecule has 3 rings (SSSR count). The molecule has 1 saturated heterocycles. The van der Waals surface area contributed by atoms with Crippen LogP contribution < -0.4 is 0 Å². The summed E-state index contributed by atoms with van der Waals surface area (Å²) in [6.45, 7) is 4.24. The molecule has 0 spiro atoms. The van der Waals surface area contributed by atoms with Crippen molar-refractivity contribution < 1.29 is 28.7 Å². The first-order chi connectivity index (χ1) is 15.2. The first-order valence-corrected chi connectivity index (χ1v) is 10.1. The number of non-ortho nitro benzene ring substituents is 1. The van der Waals surface area contributed by atoms with Crippen molar-refractivity contribution in [3.8, 4) is 0 Å². The highest BCUT2D eigenvalue weighted by Crippen LogP contribution is 2.39. The van der Waals surface area contributed by atoms with Crippen LogP contribution in [-0.4, -0.2) is 45.9 Å². The summed E-state index contributed by atoms with van der Waals surface area (Å²) in [5.74, 6) is -2.89. The molecule has 0 unspecified atom stereocenters. The second-order valence-corrected chi connectivity index (χ2v) is 7.63. The Morgan fingerprint density at radius 1 is 1.22 bits per heavy atom. The fourth-order valence-corrected chi connectivity index (χ4v) is 3.61. The lowest BCUT2D eigenvalue weighted by molar-refractivity contribution is -0.384. The minimum absolute atomic E-state index is 0.00157. The fraction of sp³-hybridized carbons (Fsp3) is 0.304. The predicted octanol–water partition coefficient (Wildman–Crippen LogP) is 3.97. The van der Waals surface area contributed by atoms with Crippen molar-refractivity contribution in [2.45, 2.75) is 32.4 Å². The summed E-state index contributed by atoms with van der Waals surface area (Å²) in [6.07, 6.45) is 0.423. The predicted molar refractivity (Wildman–Crippen MR) is 114 cm³/mol. The molecule has 0 aliphatic carbocycles. The van der Waals surface area contributed by atoms with Gasteiger partial charge in [-0.2, -0.15) is 0 Å². The van der Waals surface area contributed by atoms with Crippen molar-refractivity contribution in [3.63, 3.8) is 0 Å². The van der Waals surface area contributed by atoms with Crippen molar-refractivity contribution in [1.82, 2.24) is 4.90 Å². The van der Waals surface area contributed by atoms with Gasteiger partial charge in [-0.05, 0) is 38.0 Å². The van der Waals surface area contributed by atoms with E-state index in [-0.39, 0.29) is 29.5 Å². The molecule has 0 bridgehead atoms. The number of aliphatic hydroxyl groups is 1. The molecule has 1 aliphatic rings. The van der Waals surface area contributed by atoms with Gasteiger partial charge in [-0.15, -0.1) is 0 Å². The van der Waals surface area contributed by atoms with Gasteiger partial charge in [0.1, 0.15) is 11.6 Å². The summed E-state index contributed by atoms with van der Waals surface area (Å²) >= 11 is 0. The van der Waals surface area contributed by atoms with E-state index in [1.807, 2.05) is 13.8 Å². The van der Waals surface area contributed by atoms with Crippen LogP contribution >= 0.6 is 0 Å². The van der Waals surface area contributed by atoms with Gasteiger partial charge in [0, 0.05) is 30.8 Å². The maximum atomic E-state index is 14.0. The third-order valence-corrected chi connectivity index (χ3v) is 5.03. The molecule has 2 aromatic rings. The molecule has 2 aromatic carbocycles. The first kappa shape index (κ1) is 23.1. The van der Waals surface area contributed by atoms with Crippen molar-refractivity contribution in [2.75, 3.05) is 13.2 Å². The van der Waals surface area contributed by atoms with Crippen LogP contribution in [0.25, 0.3) is 5.76 Å². The van der Waals surface area contributed by atoms with Gasteiger partial charge in [-0.3, -0.25) is 19.7 Å². The molecular formula is C23H23FN2O6. The number of carbonyl (C=O) groups is 2. The Morgan fingerprint density at radius 2 is 1.94 bits per heavy atom. The Bertz CT molecular complexity index is 1080. The topological polar surface area (TPSA) is 110 Å². The molecule has 8 nitrogen and oxygen atoms in total. The Kier molecular flexibility index (Phi) is 6.99. The third-order valence-electron chi connectivity index (χ3n) is 5.03. The highest BCUT2D eigenvalue weighted by Gasteiger charge is 2.46. The summed E-state index contributed by atoms with van der Waals surface area (Å²) in [7, 11) is 0. The summed E-state index contributed by atoms with van der Waals surface area (Å²) in [5, 5.41) is 22.0. The van der Waals surface area contributed by atoms with Crippen LogP contribution in [0.1, 0.15) is 37.4 Å². The van der Waals surface area contributed by atoms with Crippen LogP contribution in [0.15, 0.2) is 54.1 Å². The van der Waals surface area contributed by atoms with Gasteiger partial charge < -0.3 is 14.7 Å². The van der Waals surface area contributed by atoms with E-state index in [2.05, 4.69) is 0 Å².